The molecule has 0 aliphatic rings. The molecule has 3 rings (SSSR count). The molecular weight excluding hydrogens is 298 g/mol. The standard InChI is InChI=1S/C15H9ClF2N2O/c16-11-5-4-9(7-12(11)18)14-13(15(19)20-21-14)8-2-1-3-10(17)6-8/h1-7H,(H2,19,20). The third-order valence-corrected chi connectivity index (χ3v) is 3.32. The Morgan fingerprint density at radius 2 is 1.86 bits per heavy atom. The number of hydrogen-bond acceptors (Lipinski definition) is 3. The van der Waals surface area contributed by atoms with E-state index in [0.29, 0.717) is 16.7 Å². The van der Waals surface area contributed by atoms with E-state index >= 15 is 0 Å². The van der Waals surface area contributed by atoms with Gasteiger partial charge in [0.1, 0.15) is 11.6 Å². The van der Waals surface area contributed by atoms with Gasteiger partial charge in [-0.15, -0.1) is 0 Å². The van der Waals surface area contributed by atoms with Crippen LogP contribution in [0.5, 0.6) is 0 Å². The van der Waals surface area contributed by atoms with Crippen molar-refractivity contribution in [3.8, 4) is 22.5 Å². The van der Waals surface area contributed by atoms with Gasteiger partial charge in [-0.3, -0.25) is 0 Å². The molecule has 0 saturated heterocycles. The smallest absolute Gasteiger partial charge is 0.177 e. The maximum absolute atomic E-state index is 13.6. The zero-order valence-corrected chi connectivity index (χ0v) is 11.4. The first-order valence-electron chi connectivity index (χ1n) is 6.03. The van der Waals surface area contributed by atoms with Gasteiger partial charge >= 0.3 is 0 Å². The molecule has 3 nitrogen and oxygen atoms in total. The molecule has 0 spiro atoms. The number of benzene rings is 2. The molecule has 21 heavy (non-hydrogen) atoms. The van der Waals surface area contributed by atoms with Gasteiger partial charge in [-0.05, 0) is 35.9 Å². The highest BCUT2D eigenvalue weighted by Gasteiger charge is 2.19. The number of nitrogens with two attached hydrogens (primary N) is 1. The molecule has 0 aliphatic carbocycles. The SMILES string of the molecule is Nc1noc(-c2ccc(Cl)c(F)c2)c1-c1cccc(F)c1. The number of halogens is 3. The number of nitrogen functional groups attached to an aromatic ring is 1. The summed E-state index contributed by atoms with van der Waals surface area (Å²) in [5.41, 5.74) is 7.11. The van der Waals surface area contributed by atoms with E-state index in [4.69, 9.17) is 21.9 Å². The Balaban J connectivity index is 2.19. The molecular formula is C15H9ClF2N2O. The van der Waals surface area contributed by atoms with Gasteiger partial charge in [0, 0.05) is 5.56 Å². The zero-order valence-electron chi connectivity index (χ0n) is 10.6. The van der Waals surface area contributed by atoms with Gasteiger partial charge in [0.25, 0.3) is 0 Å². The van der Waals surface area contributed by atoms with Crippen molar-refractivity contribution in [2.45, 2.75) is 0 Å². The van der Waals surface area contributed by atoms with Crippen LogP contribution in [-0.4, -0.2) is 5.16 Å². The van der Waals surface area contributed by atoms with Gasteiger partial charge in [-0.2, -0.15) is 0 Å². The fourth-order valence-corrected chi connectivity index (χ4v) is 2.18. The van der Waals surface area contributed by atoms with Crippen molar-refractivity contribution in [3.05, 3.63) is 59.1 Å². The molecule has 0 fully saturated rings. The third kappa shape index (κ3) is 2.48. The Kier molecular flexibility index (Phi) is 3.35. The first-order chi connectivity index (χ1) is 10.1. The predicted molar refractivity (Wildman–Crippen MR) is 76.7 cm³/mol. The van der Waals surface area contributed by atoms with Crippen molar-refractivity contribution < 1.29 is 13.3 Å². The quantitative estimate of drug-likeness (QED) is 0.757. The Hall–Kier alpha value is -2.40. The molecule has 106 valence electrons. The second kappa shape index (κ2) is 5.18. The van der Waals surface area contributed by atoms with Crippen LogP contribution in [-0.2, 0) is 0 Å². The summed E-state index contributed by atoms with van der Waals surface area (Å²) < 4.78 is 32.1. The predicted octanol–water partition coefficient (Wildman–Crippen LogP) is 4.52. The Morgan fingerprint density at radius 3 is 2.57 bits per heavy atom. The number of rotatable bonds is 2. The van der Waals surface area contributed by atoms with Crippen molar-refractivity contribution in [1.29, 1.82) is 0 Å². The lowest BCUT2D eigenvalue weighted by Gasteiger charge is -2.04. The largest absolute Gasteiger partial charge is 0.380 e. The van der Waals surface area contributed by atoms with Crippen molar-refractivity contribution in [3.63, 3.8) is 0 Å². The van der Waals surface area contributed by atoms with Crippen molar-refractivity contribution in [2.24, 2.45) is 0 Å². The van der Waals surface area contributed by atoms with Gasteiger partial charge in [-0.1, -0.05) is 28.9 Å². The van der Waals surface area contributed by atoms with Crippen LogP contribution in [0.3, 0.4) is 0 Å². The molecule has 3 aromatic rings. The molecule has 0 unspecified atom stereocenters. The van der Waals surface area contributed by atoms with Gasteiger partial charge in [0.2, 0.25) is 0 Å². The van der Waals surface area contributed by atoms with E-state index in [2.05, 4.69) is 5.16 Å². The highest BCUT2D eigenvalue weighted by atomic mass is 35.5. The zero-order chi connectivity index (χ0) is 15.0. The summed E-state index contributed by atoms with van der Waals surface area (Å²) in [7, 11) is 0. The van der Waals surface area contributed by atoms with Crippen molar-refractivity contribution >= 4 is 17.4 Å². The van der Waals surface area contributed by atoms with E-state index in [1.807, 2.05) is 0 Å². The Bertz CT molecular complexity index is 817. The van der Waals surface area contributed by atoms with Crippen molar-refractivity contribution in [1.82, 2.24) is 5.16 Å². The van der Waals surface area contributed by atoms with Crippen LogP contribution < -0.4 is 5.73 Å². The number of anilines is 1. The molecule has 0 saturated carbocycles. The summed E-state index contributed by atoms with van der Waals surface area (Å²) in [6, 6.07) is 10.0. The average molecular weight is 307 g/mol. The van der Waals surface area contributed by atoms with E-state index in [1.54, 1.807) is 18.2 Å². The molecule has 1 aromatic heterocycles. The van der Waals surface area contributed by atoms with E-state index in [0.717, 1.165) is 0 Å². The lowest BCUT2D eigenvalue weighted by molar-refractivity contribution is 0.436. The van der Waals surface area contributed by atoms with E-state index in [1.165, 1.54) is 24.3 Å². The molecule has 0 bridgehead atoms. The lowest BCUT2D eigenvalue weighted by atomic mass is 10.0. The summed E-state index contributed by atoms with van der Waals surface area (Å²) in [5, 5.41) is 3.67. The van der Waals surface area contributed by atoms with Crippen LogP contribution in [0.15, 0.2) is 47.0 Å². The summed E-state index contributed by atoms with van der Waals surface area (Å²) in [6.45, 7) is 0. The summed E-state index contributed by atoms with van der Waals surface area (Å²) >= 11 is 5.66. The second-order valence-corrected chi connectivity index (χ2v) is 4.82. The summed E-state index contributed by atoms with van der Waals surface area (Å²) in [5.74, 6) is -0.643. The average Bonchev–Trinajstić information content (AvgIpc) is 2.84. The van der Waals surface area contributed by atoms with E-state index < -0.39 is 11.6 Å². The highest BCUT2D eigenvalue weighted by Crippen LogP contribution is 2.37. The first kappa shape index (κ1) is 13.6. The van der Waals surface area contributed by atoms with Gasteiger partial charge in [-0.25, -0.2) is 8.78 Å². The molecule has 2 aromatic carbocycles. The molecule has 0 amide bonds. The van der Waals surface area contributed by atoms with Crippen LogP contribution in [0.2, 0.25) is 5.02 Å². The Morgan fingerprint density at radius 1 is 1.05 bits per heavy atom. The summed E-state index contributed by atoms with van der Waals surface area (Å²) in [6.07, 6.45) is 0. The molecule has 2 N–H and O–H groups in total. The molecule has 0 aliphatic heterocycles. The maximum atomic E-state index is 13.6. The second-order valence-electron chi connectivity index (χ2n) is 4.41. The van der Waals surface area contributed by atoms with Crippen LogP contribution >= 0.6 is 11.6 Å². The number of aromatic nitrogens is 1. The van der Waals surface area contributed by atoms with E-state index in [-0.39, 0.29) is 16.6 Å². The maximum Gasteiger partial charge on any atom is 0.177 e. The van der Waals surface area contributed by atoms with Gasteiger partial charge < -0.3 is 10.3 Å². The minimum atomic E-state index is -0.589. The summed E-state index contributed by atoms with van der Waals surface area (Å²) in [4.78, 5) is 0. The minimum Gasteiger partial charge on any atom is -0.380 e. The van der Waals surface area contributed by atoms with Crippen LogP contribution in [0.25, 0.3) is 22.5 Å². The molecule has 0 radical (unpaired) electrons. The monoisotopic (exact) mass is 306 g/mol. The first-order valence-corrected chi connectivity index (χ1v) is 6.40. The van der Waals surface area contributed by atoms with Gasteiger partial charge in [0.15, 0.2) is 11.6 Å². The van der Waals surface area contributed by atoms with E-state index in [9.17, 15) is 8.78 Å². The fraction of sp³-hybridized carbons (Fsp3) is 0. The fourth-order valence-electron chi connectivity index (χ4n) is 2.06. The van der Waals surface area contributed by atoms with Crippen LogP contribution in [0, 0.1) is 11.6 Å². The van der Waals surface area contributed by atoms with Crippen LogP contribution in [0.1, 0.15) is 0 Å². The number of nitrogens with zero attached hydrogens (tertiary/aromatic N) is 1. The normalized spacial score (nSPS) is 10.8. The Labute approximate surface area is 123 Å². The molecule has 6 heteroatoms. The molecule has 0 atom stereocenters. The van der Waals surface area contributed by atoms with Gasteiger partial charge in [0.05, 0.1) is 10.6 Å². The van der Waals surface area contributed by atoms with Crippen molar-refractivity contribution in [2.75, 3.05) is 5.73 Å². The molecule has 1 heterocycles. The number of hydrogen-bond donors (Lipinski definition) is 1. The highest BCUT2D eigenvalue weighted by molar-refractivity contribution is 6.30. The third-order valence-electron chi connectivity index (χ3n) is 3.01. The topological polar surface area (TPSA) is 52.0 Å². The minimum absolute atomic E-state index is 0.00135. The lowest BCUT2D eigenvalue weighted by Crippen LogP contribution is -1.90. The van der Waals surface area contributed by atoms with Crippen LogP contribution in [0.4, 0.5) is 14.6 Å².